The minimum absolute atomic E-state index is 0.0464. The number of ether oxygens (including phenoxy) is 1. The summed E-state index contributed by atoms with van der Waals surface area (Å²) in [5.41, 5.74) is 0.853. The lowest BCUT2D eigenvalue weighted by Gasteiger charge is -2.22. The van der Waals surface area contributed by atoms with Gasteiger partial charge in [-0.3, -0.25) is 0 Å². The van der Waals surface area contributed by atoms with E-state index in [2.05, 4.69) is 4.90 Å². The zero-order valence-corrected chi connectivity index (χ0v) is 14.2. The number of carboxylic acid groups (broad SMARTS) is 1. The highest BCUT2D eigenvalue weighted by atomic mass is 32.2. The predicted octanol–water partition coefficient (Wildman–Crippen LogP) is 2.42. The molecule has 1 heterocycles. The van der Waals surface area contributed by atoms with E-state index < -0.39 is 16.0 Å². The SMILES string of the molecule is NS(=O)(=O)c1cccc(Oc2ccc(C(=O)O)cc2N2CCCC2)c1. The smallest absolute Gasteiger partial charge is 0.335 e. The van der Waals surface area contributed by atoms with Gasteiger partial charge in [0.25, 0.3) is 0 Å². The fourth-order valence-corrected chi connectivity index (χ4v) is 3.33. The van der Waals surface area contributed by atoms with E-state index in [9.17, 15) is 18.3 Å². The number of hydrogen-bond acceptors (Lipinski definition) is 5. The molecule has 3 N–H and O–H groups in total. The van der Waals surface area contributed by atoms with Gasteiger partial charge in [-0.05, 0) is 43.2 Å². The summed E-state index contributed by atoms with van der Waals surface area (Å²) in [4.78, 5) is 13.3. The lowest BCUT2D eigenvalue weighted by Crippen LogP contribution is -2.19. The van der Waals surface area contributed by atoms with Crippen LogP contribution in [0.5, 0.6) is 11.5 Å². The molecule has 0 aromatic heterocycles. The van der Waals surface area contributed by atoms with Gasteiger partial charge in [0.15, 0.2) is 5.75 Å². The van der Waals surface area contributed by atoms with Gasteiger partial charge in [0.1, 0.15) is 5.75 Å². The van der Waals surface area contributed by atoms with Crippen LogP contribution in [0.2, 0.25) is 0 Å². The van der Waals surface area contributed by atoms with E-state index in [4.69, 9.17) is 9.88 Å². The molecule has 0 saturated carbocycles. The van der Waals surface area contributed by atoms with E-state index in [-0.39, 0.29) is 10.5 Å². The Morgan fingerprint density at radius 2 is 1.84 bits per heavy atom. The highest BCUT2D eigenvalue weighted by Gasteiger charge is 2.19. The van der Waals surface area contributed by atoms with Gasteiger partial charge in [0.05, 0.1) is 16.1 Å². The standard InChI is InChI=1S/C17H18N2O5S/c18-25(22,23)14-5-3-4-13(11-14)24-16-7-6-12(17(20)21)10-15(16)19-8-1-2-9-19/h3-7,10-11H,1-2,8-9H2,(H,20,21)(H2,18,22,23). The average molecular weight is 362 g/mol. The molecule has 0 atom stereocenters. The summed E-state index contributed by atoms with van der Waals surface area (Å²) in [7, 11) is -3.83. The molecule has 1 aliphatic rings. The first kappa shape index (κ1) is 17.2. The summed E-state index contributed by atoms with van der Waals surface area (Å²) in [6.07, 6.45) is 2.05. The molecule has 1 fully saturated rings. The molecule has 2 aromatic carbocycles. The number of benzene rings is 2. The van der Waals surface area contributed by atoms with E-state index in [0.29, 0.717) is 17.2 Å². The van der Waals surface area contributed by atoms with Crippen LogP contribution in [-0.2, 0) is 10.0 Å². The highest BCUT2D eigenvalue weighted by molar-refractivity contribution is 7.89. The van der Waals surface area contributed by atoms with Crippen LogP contribution in [-0.4, -0.2) is 32.6 Å². The van der Waals surface area contributed by atoms with Gasteiger partial charge >= 0.3 is 5.97 Å². The van der Waals surface area contributed by atoms with Crippen LogP contribution in [0.1, 0.15) is 23.2 Å². The van der Waals surface area contributed by atoms with Gasteiger partial charge in [-0.25, -0.2) is 18.4 Å². The Morgan fingerprint density at radius 3 is 2.48 bits per heavy atom. The topological polar surface area (TPSA) is 110 Å². The first-order valence-corrected chi connectivity index (χ1v) is 9.32. The van der Waals surface area contributed by atoms with E-state index in [1.807, 2.05) is 0 Å². The van der Waals surface area contributed by atoms with Crippen molar-refractivity contribution in [3.63, 3.8) is 0 Å². The number of rotatable bonds is 5. The Labute approximate surface area is 145 Å². The number of sulfonamides is 1. The van der Waals surface area contributed by atoms with Crippen molar-refractivity contribution in [2.75, 3.05) is 18.0 Å². The average Bonchev–Trinajstić information content (AvgIpc) is 3.09. The van der Waals surface area contributed by atoms with Crippen LogP contribution in [0.15, 0.2) is 47.4 Å². The lowest BCUT2D eigenvalue weighted by molar-refractivity contribution is 0.0697. The van der Waals surface area contributed by atoms with E-state index in [1.54, 1.807) is 18.2 Å². The largest absolute Gasteiger partial charge is 0.478 e. The minimum atomic E-state index is -3.83. The van der Waals surface area contributed by atoms with Crippen molar-refractivity contribution >= 4 is 21.7 Å². The maximum atomic E-state index is 11.5. The number of nitrogens with zero attached hydrogens (tertiary/aromatic N) is 1. The minimum Gasteiger partial charge on any atom is -0.478 e. The summed E-state index contributed by atoms with van der Waals surface area (Å²) in [6, 6.07) is 10.5. The van der Waals surface area contributed by atoms with Gasteiger partial charge in [-0.2, -0.15) is 0 Å². The Morgan fingerprint density at radius 1 is 1.12 bits per heavy atom. The second-order valence-corrected chi connectivity index (χ2v) is 7.37. The molecule has 132 valence electrons. The summed E-state index contributed by atoms with van der Waals surface area (Å²) in [5, 5.41) is 14.4. The number of anilines is 1. The number of aromatic carboxylic acids is 1. The Kier molecular flexibility index (Phi) is 4.65. The molecule has 1 saturated heterocycles. The summed E-state index contributed by atoms with van der Waals surface area (Å²) in [5.74, 6) is -0.225. The third-order valence-corrected chi connectivity index (χ3v) is 4.93. The van der Waals surface area contributed by atoms with E-state index in [1.165, 1.54) is 24.3 Å². The first-order valence-electron chi connectivity index (χ1n) is 7.77. The highest BCUT2D eigenvalue weighted by Crippen LogP contribution is 2.35. The van der Waals surface area contributed by atoms with Crippen molar-refractivity contribution in [3.8, 4) is 11.5 Å². The molecular formula is C17H18N2O5S. The molecule has 25 heavy (non-hydrogen) atoms. The lowest BCUT2D eigenvalue weighted by atomic mass is 10.1. The van der Waals surface area contributed by atoms with Crippen molar-refractivity contribution in [2.45, 2.75) is 17.7 Å². The zero-order valence-electron chi connectivity index (χ0n) is 13.4. The number of nitrogens with two attached hydrogens (primary N) is 1. The molecule has 0 unspecified atom stereocenters. The van der Waals surface area contributed by atoms with Gasteiger partial charge in [-0.15, -0.1) is 0 Å². The molecule has 0 radical (unpaired) electrons. The summed E-state index contributed by atoms with van der Waals surface area (Å²) in [6.45, 7) is 1.63. The number of hydrogen-bond donors (Lipinski definition) is 2. The third kappa shape index (κ3) is 3.92. The molecule has 0 amide bonds. The van der Waals surface area contributed by atoms with Crippen molar-refractivity contribution in [1.82, 2.24) is 0 Å². The van der Waals surface area contributed by atoms with Crippen molar-refractivity contribution in [3.05, 3.63) is 48.0 Å². The molecule has 7 nitrogen and oxygen atoms in total. The maximum Gasteiger partial charge on any atom is 0.335 e. The number of carboxylic acids is 1. The molecule has 0 aliphatic carbocycles. The van der Waals surface area contributed by atoms with Crippen LogP contribution in [0.3, 0.4) is 0 Å². The quantitative estimate of drug-likeness (QED) is 0.845. The summed E-state index contributed by atoms with van der Waals surface area (Å²) >= 11 is 0. The Balaban J connectivity index is 1.98. The van der Waals surface area contributed by atoms with Crippen LogP contribution in [0.25, 0.3) is 0 Å². The van der Waals surface area contributed by atoms with Crippen molar-refractivity contribution in [2.24, 2.45) is 5.14 Å². The van der Waals surface area contributed by atoms with Crippen molar-refractivity contribution in [1.29, 1.82) is 0 Å². The normalized spacial score (nSPS) is 14.5. The number of primary sulfonamides is 1. The fourth-order valence-electron chi connectivity index (χ4n) is 2.78. The zero-order chi connectivity index (χ0) is 18.0. The van der Waals surface area contributed by atoms with Gasteiger partial charge in [0, 0.05) is 19.2 Å². The van der Waals surface area contributed by atoms with E-state index >= 15 is 0 Å². The van der Waals surface area contributed by atoms with Gasteiger partial charge in [-0.1, -0.05) is 6.07 Å². The summed E-state index contributed by atoms with van der Waals surface area (Å²) < 4.78 is 28.8. The van der Waals surface area contributed by atoms with Crippen LogP contribution in [0.4, 0.5) is 5.69 Å². The fraction of sp³-hybridized carbons (Fsp3) is 0.235. The van der Waals surface area contributed by atoms with Gasteiger partial charge in [0.2, 0.25) is 10.0 Å². The molecular weight excluding hydrogens is 344 g/mol. The Hall–Kier alpha value is -2.58. The predicted molar refractivity (Wildman–Crippen MR) is 92.7 cm³/mol. The Bertz CT molecular complexity index is 905. The molecule has 3 rings (SSSR count). The van der Waals surface area contributed by atoms with Crippen LogP contribution >= 0.6 is 0 Å². The van der Waals surface area contributed by atoms with E-state index in [0.717, 1.165) is 25.9 Å². The second-order valence-electron chi connectivity index (χ2n) is 5.80. The molecule has 8 heteroatoms. The molecule has 0 spiro atoms. The maximum absolute atomic E-state index is 11.5. The monoisotopic (exact) mass is 362 g/mol. The second kappa shape index (κ2) is 6.73. The van der Waals surface area contributed by atoms with Crippen molar-refractivity contribution < 1.29 is 23.1 Å². The van der Waals surface area contributed by atoms with Crippen LogP contribution in [0, 0.1) is 0 Å². The third-order valence-electron chi connectivity index (χ3n) is 4.01. The number of carbonyl (C=O) groups is 1. The first-order chi connectivity index (χ1) is 11.8. The molecule has 0 bridgehead atoms. The van der Waals surface area contributed by atoms with Crippen LogP contribution < -0.4 is 14.8 Å². The van der Waals surface area contributed by atoms with Gasteiger partial charge < -0.3 is 14.7 Å². The molecule has 1 aliphatic heterocycles. The molecule has 2 aromatic rings.